The Labute approximate surface area is 123 Å². The van der Waals surface area contributed by atoms with Crippen LogP contribution in [0.25, 0.3) is 0 Å². The van der Waals surface area contributed by atoms with E-state index in [0.717, 1.165) is 19.3 Å². The van der Waals surface area contributed by atoms with Crippen molar-refractivity contribution in [3.05, 3.63) is 22.4 Å². The molecule has 1 atom stereocenters. The van der Waals surface area contributed by atoms with Crippen LogP contribution in [0, 0.1) is 5.92 Å². The number of thiophene rings is 1. The average Bonchev–Trinajstić information content (AvgIpc) is 3.15. The van der Waals surface area contributed by atoms with Crippen molar-refractivity contribution >= 4 is 23.2 Å². The summed E-state index contributed by atoms with van der Waals surface area (Å²) < 4.78 is 0. The first-order valence-corrected chi connectivity index (χ1v) is 8.10. The number of hydrogen-bond acceptors (Lipinski definition) is 3. The first-order chi connectivity index (χ1) is 9.65. The summed E-state index contributed by atoms with van der Waals surface area (Å²) in [6.07, 6.45) is 3.40. The van der Waals surface area contributed by atoms with Crippen molar-refractivity contribution in [2.45, 2.75) is 38.3 Å². The molecule has 1 saturated carbocycles. The lowest BCUT2D eigenvalue weighted by molar-refractivity contribution is -0.145. The van der Waals surface area contributed by atoms with Gasteiger partial charge in [0.25, 0.3) is 0 Å². The van der Waals surface area contributed by atoms with E-state index in [1.54, 1.807) is 16.2 Å². The van der Waals surface area contributed by atoms with E-state index in [1.807, 2.05) is 23.4 Å². The van der Waals surface area contributed by atoms with Gasteiger partial charge in [-0.25, -0.2) is 0 Å². The molecule has 2 heterocycles. The van der Waals surface area contributed by atoms with Crippen molar-refractivity contribution in [3.8, 4) is 0 Å². The summed E-state index contributed by atoms with van der Waals surface area (Å²) in [5, 5.41) is 2.05. The van der Waals surface area contributed by atoms with Crippen molar-refractivity contribution in [2.24, 2.45) is 5.92 Å². The largest absolute Gasteiger partial charge is 0.346 e. The van der Waals surface area contributed by atoms with Gasteiger partial charge in [0, 0.05) is 36.9 Å². The molecule has 2 fully saturated rings. The Morgan fingerprint density at radius 1 is 1.45 bits per heavy atom. The minimum absolute atomic E-state index is 0.0986. The van der Waals surface area contributed by atoms with E-state index in [4.69, 9.17) is 0 Å². The summed E-state index contributed by atoms with van der Waals surface area (Å²) in [4.78, 5) is 29.5. The van der Waals surface area contributed by atoms with E-state index >= 15 is 0 Å². The molecule has 0 radical (unpaired) electrons. The van der Waals surface area contributed by atoms with Crippen LogP contribution >= 0.6 is 11.3 Å². The van der Waals surface area contributed by atoms with Gasteiger partial charge in [-0.15, -0.1) is 11.3 Å². The molecule has 0 bridgehead atoms. The van der Waals surface area contributed by atoms with Crippen molar-refractivity contribution in [1.29, 1.82) is 0 Å². The van der Waals surface area contributed by atoms with Crippen molar-refractivity contribution in [2.75, 3.05) is 13.6 Å². The molecule has 5 heteroatoms. The zero-order chi connectivity index (χ0) is 14.1. The molecule has 3 rings (SSSR count). The van der Waals surface area contributed by atoms with Crippen molar-refractivity contribution in [1.82, 2.24) is 9.80 Å². The average molecular weight is 292 g/mol. The predicted octanol–water partition coefficient (Wildman–Crippen LogP) is 2.11. The third kappa shape index (κ3) is 2.87. The predicted molar refractivity (Wildman–Crippen MR) is 78.3 cm³/mol. The van der Waals surface area contributed by atoms with Crippen LogP contribution in [0.15, 0.2) is 17.5 Å². The van der Waals surface area contributed by atoms with Gasteiger partial charge in [-0.3, -0.25) is 9.59 Å². The number of carbonyl (C=O) groups is 2. The van der Waals surface area contributed by atoms with Crippen LogP contribution in [-0.2, 0) is 16.1 Å². The Balaban J connectivity index is 1.68. The molecule has 0 N–H and O–H groups in total. The summed E-state index contributed by atoms with van der Waals surface area (Å²) >= 11 is 1.69. The highest BCUT2D eigenvalue weighted by atomic mass is 32.1. The van der Waals surface area contributed by atoms with Crippen LogP contribution in [0.3, 0.4) is 0 Å². The quantitative estimate of drug-likeness (QED) is 0.853. The normalized spacial score (nSPS) is 22.9. The van der Waals surface area contributed by atoms with E-state index in [2.05, 4.69) is 6.07 Å². The van der Waals surface area contributed by atoms with Gasteiger partial charge in [0.05, 0.1) is 6.54 Å². The zero-order valence-electron chi connectivity index (χ0n) is 11.7. The summed E-state index contributed by atoms with van der Waals surface area (Å²) in [6.45, 7) is 1.41. The van der Waals surface area contributed by atoms with E-state index in [1.165, 1.54) is 4.88 Å². The van der Waals surface area contributed by atoms with Crippen LogP contribution in [0.4, 0.5) is 0 Å². The maximum absolute atomic E-state index is 12.7. The lowest BCUT2D eigenvalue weighted by atomic mass is 9.95. The molecule has 0 unspecified atom stereocenters. The van der Waals surface area contributed by atoms with Gasteiger partial charge >= 0.3 is 0 Å². The molecule has 20 heavy (non-hydrogen) atoms. The number of nitrogens with zero attached hydrogens (tertiary/aromatic N) is 2. The maximum Gasteiger partial charge on any atom is 0.226 e. The van der Waals surface area contributed by atoms with E-state index in [9.17, 15) is 9.59 Å². The van der Waals surface area contributed by atoms with E-state index in [0.29, 0.717) is 25.6 Å². The highest BCUT2D eigenvalue weighted by Gasteiger charge is 2.38. The fraction of sp³-hybridized carbons (Fsp3) is 0.600. The first-order valence-electron chi connectivity index (χ1n) is 7.22. The fourth-order valence-corrected chi connectivity index (χ4v) is 3.43. The van der Waals surface area contributed by atoms with Crippen LogP contribution in [0.2, 0.25) is 0 Å². The number of rotatable bonds is 4. The lowest BCUT2D eigenvalue weighted by Crippen LogP contribution is -2.44. The Morgan fingerprint density at radius 2 is 2.25 bits per heavy atom. The second-order valence-corrected chi connectivity index (χ2v) is 6.81. The molecule has 0 spiro atoms. The topological polar surface area (TPSA) is 40.6 Å². The molecule has 1 aromatic heterocycles. The highest BCUT2D eigenvalue weighted by molar-refractivity contribution is 7.09. The number of amides is 2. The first kappa shape index (κ1) is 13.6. The standard InChI is InChI=1S/C15H20N2O2S/c1-16-7-6-11(9-14(16)18)15(19)17(12-4-5-12)10-13-3-2-8-20-13/h2-3,8,11-12H,4-7,9-10H2,1H3/t11-/m1/s1. The van der Waals surface area contributed by atoms with Gasteiger partial charge in [-0.05, 0) is 30.7 Å². The zero-order valence-corrected chi connectivity index (χ0v) is 12.6. The highest BCUT2D eigenvalue weighted by Crippen LogP contribution is 2.32. The molecular formula is C15H20N2O2S. The van der Waals surface area contributed by atoms with Gasteiger partial charge in [0.15, 0.2) is 0 Å². The molecule has 4 nitrogen and oxygen atoms in total. The number of piperidine rings is 1. The number of likely N-dealkylation sites (tertiary alicyclic amines) is 1. The number of carbonyl (C=O) groups excluding carboxylic acids is 2. The lowest BCUT2D eigenvalue weighted by Gasteiger charge is -2.32. The van der Waals surface area contributed by atoms with E-state index < -0.39 is 0 Å². The third-order valence-corrected chi connectivity index (χ3v) is 5.05. The molecule has 1 aliphatic carbocycles. The minimum atomic E-state index is -0.112. The Hall–Kier alpha value is -1.36. The maximum atomic E-state index is 12.7. The molecule has 1 saturated heterocycles. The number of hydrogen-bond donors (Lipinski definition) is 0. The Morgan fingerprint density at radius 3 is 2.85 bits per heavy atom. The molecule has 2 aliphatic rings. The second-order valence-electron chi connectivity index (χ2n) is 5.78. The Bertz CT molecular complexity index is 496. The third-order valence-electron chi connectivity index (χ3n) is 4.19. The minimum Gasteiger partial charge on any atom is -0.346 e. The fourth-order valence-electron chi connectivity index (χ4n) is 2.73. The van der Waals surface area contributed by atoms with Gasteiger partial charge in [0.1, 0.15) is 0 Å². The molecule has 1 aliphatic heterocycles. The summed E-state index contributed by atoms with van der Waals surface area (Å²) in [7, 11) is 1.81. The molecule has 2 amide bonds. The van der Waals surface area contributed by atoms with Crippen molar-refractivity contribution < 1.29 is 9.59 Å². The van der Waals surface area contributed by atoms with Crippen LogP contribution in [-0.4, -0.2) is 41.2 Å². The molecule has 108 valence electrons. The van der Waals surface area contributed by atoms with Gasteiger partial charge in [-0.2, -0.15) is 0 Å². The van der Waals surface area contributed by atoms with Gasteiger partial charge in [0.2, 0.25) is 11.8 Å². The Kier molecular flexibility index (Phi) is 3.78. The van der Waals surface area contributed by atoms with Gasteiger partial charge < -0.3 is 9.80 Å². The van der Waals surface area contributed by atoms with Crippen LogP contribution in [0.1, 0.15) is 30.6 Å². The summed E-state index contributed by atoms with van der Waals surface area (Å²) in [5.74, 6) is 0.170. The molecule has 0 aromatic carbocycles. The summed E-state index contributed by atoms with van der Waals surface area (Å²) in [5.41, 5.74) is 0. The monoisotopic (exact) mass is 292 g/mol. The van der Waals surface area contributed by atoms with Crippen LogP contribution in [0.5, 0.6) is 0 Å². The van der Waals surface area contributed by atoms with Crippen molar-refractivity contribution in [3.63, 3.8) is 0 Å². The molecule has 1 aromatic rings. The molecular weight excluding hydrogens is 272 g/mol. The van der Waals surface area contributed by atoms with Crippen LogP contribution < -0.4 is 0 Å². The van der Waals surface area contributed by atoms with E-state index in [-0.39, 0.29) is 17.7 Å². The summed E-state index contributed by atoms with van der Waals surface area (Å²) in [6, 6.07) is 4.50. The van der Waals surface area contributed by atoms with Gasteiger partial charge in [-0.1, -0.05) is 6.07 Å². The SMILES string of the molecule is CN1CC[C@@H](C(=O)N(Cc2cccs2)C2CC2)CC1=O. The smallest absolute Gasteiger partial charge is 0.226 e. The second kappa shape index (κ2) is 5.56.